The summed E-state index contributed by atoms with van der Waals surface area (Å²) in [5, 5.41) is 15.7. The number of benzene rings is 2. The van der Waals surface area contributed by atoms with Crippen molar-refractivity contribution in [1.29, 1.82) is 0 Å². The van der Waals surface area contributed by atoms with Crippen molar-refractivity contribution in [2.45, 2.75) is 32.2 Å². The molecule has 0 aromatic heterocycles. The number of nitrogens with zero attached hydrogens (tertiary/aromatic N) is 1. The number of hydrogen-bond donors (Lipinski definition) is 2. The number of fused-ring (bicyclic) bond motifs is 1. The van der Waals surface area contributed by atoms with E-state index in [4.69, 9.17) is 0 Å². The first kappa shape index (κ1) is 15.5. The summed E-state index contributed by atoms with van der Waals surface area (Å²) >= 11 is 0. The van der Waals surface area contributed by atoms with Crippen LogP contribution in [0, 0.1) is 5.41 Å². The van der Waals surface area contributed by atoms with Crippen LogP contribution in [-0.2, 0) is 0 Å². The molecule has 2 saturated heterocycles. The number of likely N-dealkylation sites (tertiary alicyclic amines) is 1. The molecule has 2 aromatic carbocycles. The Kier molecular flexibility index (Phi) is 3.72. The van der Waals surface area contributed by atoms with E-state index >= 15 is 0 Å². The van der Waals surface area contributed by atoms with Crippen molar-refractivity contribution in [2.24, 2.45) is 5.41 Å². The Morgan fingerprint density at radius 1 is 1.21 bits per heavy atom. The van der Waals surface area contributed by atoms with Gasteiger partial charge in [-0.3, -0.25) is 4.79 Å². The first-order valence-corrected chi connectivity index (χ1v) is 8.82. The number of phenols is 1. The van der Waals surface area contributed by atoms with E-state index in [0.29, 0.717) is 5.56 Å². The zero-order chi connectivity index (χ0) is 16.7. The molecule has 1 unspecified atom stereocenters. The molecule has 1 spiro atoms. The van der Waals surface area contributed by atoms with Gasteiger partial charge < -0.3 is 15.3 Å². The van der Waals surface area contributed by atoms with Crippen LogP contribution in [-0.4, -0.2) is 41.6 Å². The van der Waals surface area contributed by atoms with Crippen LogP contribution in [0.3, 0.4) is 0 Å². The third-order valence-corrected chi connectivity index (χ3v) is 5.82. The van der Waals surface area contributed by atoms with Gasteiger partial charge in [-0.15, -0.1) is 0 Å². The molecule has 2 fully saturated rings. The van der Waals surface area contributed by atoms with E-state index in [0.717, 1.165) is 49.7 Å². The summed E-state index contributed by atoms with van der Waals surface area (Å²) in [7, 11) is 0. The highest BCUT2D eigenvalue weighted by molar-refractivity contribution is 6.03. The Morgan fingerprint density at radius 3 is 2.75 bits per heavy atom. The highest BCUT2D eigenvalue weighted by Crippen LogP contribution is 2.43. The third kappa shape index (κ3) is 2.46. The molecule has 2 aliphatic heterocycles. The lowest BCUT2D eigenvalue weighted by Crippen LogP contribution is -2.40. The fourth-order valence-electron chi connectivity index (χ4n) is 4.49. The van der Waals surface area contributed by atoms with Gasteiger partial charge in [0.2, 0.25) is 0 Å². The van der Waals surface area contributed by atoms with Crippen LogP contribution < -0.4 is 5.32 Å². The molecule has 0 saturated carbocycles. The maximum absolute atomic E-state index is 13.1. The lowest BCUT2D eigenvalue weighted by atomic mass is 9.77. The van der Waals surface area contributed by atoms with Crippen molar-refractivity contribution in [1.82, 2.24) is 10.2 Å². The number of carbonyl (C=O) groups is 1. The van der Waals surface area contributed by atoms with Gasteiger partial charge in [-0.05, 0) is 56.1 Å². The fourth-order valence-corrected chi connectivity index (χ4v) is 4.49. The second-order valence-corrected chi connectivity index (χ2v) is 7.42. The lowest BCUT2D eigenvalue weighted by Gasteiger charge is -2.33. The first-order valence-electron chi connectivity index (χ1n) is 8.82. The van der Waals surface area contributed by atoms with Crippen molar-refractivity contribution in [2.75, 3.05) is 19.6 Å². The molecule has 4 nitrogen and oxygen atoms in total. The van der Waals surface area contributed by atoms with E-state index in [9.17, 15) is 9.90 Å². The van der Waals surface area contributed by atoms with Crippen LogP contribution in [0.5, 0.6) is 5.75 Å². The van der Waals surface area contributed by atoms with Crippen molar-refractivity contribution < 1.29 is 9.90 Å². The monoisotopic (exact) mass is 324 g/mol. The molecule has 24 heavy (non-hydrogen) atoms. The minimum absolute atomic E-state index is 0.0406. The van der Waals surface area contributed by atoms with Crippen molar-refractivity contribution in [3.63, 3.8) is 0 Å². The topological polar surface area (TPSA) is 52.6 Å². The van der Waals surface area contributed by atoms with Crippen LogP contribution in [0.15, 0.2) is 36.4 Å². The number of rotatable bonds is 1. The summed E-state index contributed by atoms with van der Waals surface area (Å²) in [5.41, 5.74) is 0.679. The number of aromatic hydroxyl groups is 1. The van der Waals surface area contributed by atoms with E-state index in [1.165, 1.54) is 0 Å². The quantitative estimate of drug-likeness (QED) is 0.847. The molecule has 4 heteroatoms. The molecule has 2 heterocycles. The molecular formula is C20H24N2O2. The standard InChI is InChI=1S/C20H24N2O2/c1-14-12-20(8-10-21-11-9-20)13-22(14)19(24)17-7-6-15-4-2-3-5-16(15)18(17)23/h2-7,14,21,23H,8-13H2,1H3. The molecule has 1 amide bonds. The molecule has 0 radical (unpaired) electrons. The zero-order valence-corrected chi connectivity index (χ0v) is 14.1. The summed E-state index contributed by atoms with van der Waals surface area (Å²) in [6.45, 7) is 5.01. The molecule has 2 aliphatic rings. The maximum atomic E-state index is 13.1. The highest BCUT2D eigenvalue weighted by Gasteiger charge is 2.44. The molecular weight excluding hydrogens is 300 g/mol. The van der Waals surface area contributed by atoms with Gasteiger partial charge in [-0.1, -0.05) is 30.3 Å². The lowest BCUT2D eigenvalue weighted by molar-refractivity contribution is 0.0721. The Bertz CT molecular complexity index is 780. The molecule has 4 rings (SSSR count). The van der Waals surface area contributed by atoms with Crippen LogP contribution in [0.4, 0.5) is 0 Å². The molecule has 0 bridgehead atoms. The summed E-state index contributed by atoms with van der Waals surface area (Å²) in [6.07, 6.45) is 3.32. The van der Waals surface area contributed by atoms with Crippen molar-refractivity contribution in [3.8, 4) is 5.75 Å². The van der Waals surface area contributed by atoms with Crippen LogP contribution in [0.25, 0.3) is 10.8 Å². The summed E-state index contributed by atoms with van der Waals surface area (Å²) in [4.78, 5) is 15.1. The Labute approximate surface area is 142 Å². The average molecular weight is 324 g/mol. The molecule has 1 atom stereocenters. The Morgan fingerprint density at radius 2 is 1.96 bits per heavy atom. The van der Waals surface area contributed by atoms with Crippen LogP contribution in [0.1, 0.15) is 36.5 Å². The van der Waals surface area contributed by atoms with Gasteiger partial charge in [-0.2, -0.15) is 0 Å². The number of phenolic OH excluding ortho intramolecular Hbond substituents is 1. The summed E-state index contributed by atoms with van der Waals surface area (Å²) in [5.74, 6) is 0.0673. The highest BCUT2D eigenvalue weighted by atomic mass is 16.3. The molecule has 2 aromatic rings. The summed E-state index contributed by atoms with van der Waals surface area (Å²) in [6, 6.07) is 11.5. The number of carbonyl (C=O) groups excluding carboxylic acids is 1. The SMILES string of the molecule is CC1CC2(CCNCC2)CN1C(=O)c1ccc2ccccc2c1O. The Hall–Kier alpha value is -2.07. The fraction of sp³-hybridized carbons (Fsp3) is 0.450. The van der Waals surface area contributed by atoms with E-state index in [2.05, 4.69) is 12.2 Å². The number of piperidine rings is 1. The van der Waals surface area contributed by atoms with Crippen LogP contribution in [0.2, 0.25) is 0 Å². The molecule has 2 N–H and O–H groups in total. The van der Waals surface area contributed by atoms with Crippen LogP contribution >= 0.6 is 0 Å². The van der Waals surface area contributed by atoms with Gasteiger partial charge in [0.25, 0.3) is 5.91 Å². The molecule has 126 valence electrons. The zero-order valence-electron chi connectivity index (χ0n) is 14.1. The van der Waals surface area contributed by atoms with Gasteiger partial charge in [0, 0.05) is 18.0 Å². The minimum atomic E-state index is -0.0406. The van der Waals surface area contributed by atoms with E-state index in [1.807, 2.05) is 35.2 Å². The predicted octanol–water partition coefficient (Wildman–Crippen LogP) is 3.15. The largest absolute Gasteiger partial charge is 0.506 e. The second kappa shape index (κ2) is 5.78. The van der Waals surface area contributed by atoms with Gasteiger partial charge in [0.15, 0.2) is 0 Å². The van der Waals surface area contributed by atoms with E-state index in [-0.39, 0.29) is 23.1 Å². The summed E-state index contributed by atoms with van der Waals surface area (Å²) < 4.78 is 0. The van der Waals surface area contributed by atoms with Gasteiger partial charge in [0.05, 0.1) is 5.56 Å². The smallest absolute Gasteiger partial charge is 0.257 e. The predicted molar refractivity (Wildman–Crippen MR) is 95.3 cm³/mol. The first-order chi connectivity index (χ1) is 11.6. The molecule has 0 aliphatic carbocycles. The van der Waals surface area contributed by atoms with Gasteiger partial charge in [-0.25, -0.2) is 0 Å². The Balaban J connectivity index is 1.65. The third-order valence-electron chi connectivity index (χ3n) is 5.82. The van der Waals surface area contributed by atoms with E-state index in [1.54, 1.807) is 6.07 Å². The number of hydrogen-bond acceptors (Lipinski definition) is 3. The van der Waals surface area contributed by atoms with Gasteiger partial charge >= 0.3 is 0 Å². The minimum Gasteiger partial charge on any atom is -0.506 e. The maximum Gasteiger partial charge on any atom is 0.257 e. The van der Waals surface area contributed by atoms with Gasteiger partial charge in [0.1, 0.15) is 5.75 Å². The normalized spacial score (nSPS) is 23.0. The second-order valence-electron chi connectivity index (χ2n) is 7.42. The van der Waals surface area contributed by atoms with Crippen molar-refractivity contribution in [3.05, 3.63) is 42.0 Å². The van der Waals surface area contributed by atoms with E-state index < -0.39 is 0 Å². The number of amides is 1. The number of nitrogens with one attached hydrogen (secondary N) is 1. The average Bonchev–Trinajstić information content (AvgIpc) is 2.91. The van der Waals surface area contributed by atoms with Crippen molar-refractivity contribution >= 4 is 16.7 Å².